The van der Waals surface area contributed by atoms with Gasteiger partial charge in [-0.15, -0.1) is 11.8 Å². The van der Waals surface area contributed by atoms with Crippen LogP contribution in [0.25, 0.3) is 0 Å². The van der Waals surface area contributed by atoms with E-state index in [2.05, 4.69) is 35.8 Å². The third-order valence-corrected chi connectivity index (χ3v) is 5.31. The lowest BCUT2D eigenvalue weighted by Crippen LogP contribution is -2.17. The average molecular weight is 400 g/mol. The first kappa shape index (κ1) is 20.2. The highest BCUT2D eigenvalue weighted by Gasteiger charge is 2.17. The van der Waals surface area contributed by atoms with E-state index in [0.29, 0.717) is 16.5 Å². The molecule has 4 nitrogen and oxygen atoms in total. The predicted molar refractivity (Wildman–Crippen MR) is 120 cm³/mol. The minimum absolute atomic E-state index is 0.0521. The number of amides is 1. The first-order valence-electron chi connectivity index (χ1n) is 9.17. The molecule has 0 atom stereocenters. The van der Waals surface area contributed by atoms with Crippen molar-refractivity contribution < 1.29 is 4.79 Å². The molecule has 3 rings (SSSR count). The van der Waals surface area contributed by atoms with Crippen LogP contribution >= 0.6 is 11.8 Å². The summed E-state index contributed by atoms with van der Waals surface area (Å²) in [7, 11) is 0. The van der Waals surface area contributed by atoms with Gasteiger partial charge >= 0.3 is 0 Å². The molecule has 0 aliphatic heterocycles. The molecule has 0 saturated carbocycles. The lowest BCUT2D eigenvalue weighted by Gasteiger charge is -2.14. The number of benzene rings is 3. The molecule has 5 heteroatoms. The lowest BCUT2D eigenvalue weighted by molar-refractivity contribution is -0.112. The molecule has 0 bridgehead atoms. The van der Waals surface area contributed by atoms with E-state index in [9.17, 15) is 10.1 Å². The number of rotatable bonds is 7. The Labute approximate surface area is 175 Å². The Morgan fingerprint density at radius 3 is 2.00 bits per heavy atom. The second kappa shape index (κ2) is 10.2. The summed E-state index contributed by atoms with van der Waals surface area (Å²) in [5.41, 5.74) is 3.85. The third kappa shape index (κ3) is 5.74. The van der Waals surface area contributed by atoms with Gasteiger partial charge < -0.3 is 10.6 Å². The zero-order chi connectivity index (χ0) is 20.5. The number of carbonyl (C=O) groups is 1. The van der Waals surface area contributed by atoms with Crippen molar-refractivity contribution in [3.63, 3.8) is 0 Å². The molecular formula is C24H21N3OS. The second-order valence-electron chi connectivity index (χ2n) is 6.34. The molecular weight excluding hydrogens is 378 g/mol. The van der Waals surface area contributed by atoms with Crippen molar-refractivity contribution >= 4 is 29.0 Å². The van der Waals surface area contributed by atoms with E-state index in [0.717, 1.165) is 11.3 Å². The molecule has 144 valence electrons. The van der Waals surface area contributed by atoms with Gasteiger partial charge in [0.15, 0.2) is 0 Å². The normalized spacial score (nSPS) is 11.2. The molecule has 0 aromatic heterocycles. The van der Waals surface area contributed by atoms with E-state index < -0.39 is 5.91 Å². The summed E-state index contributed by atoms with van der Waals surface area (Å²) in [6.07, 6.45) is 0. The van der Waals surface area contributed by atoms with Crippen molar-refractivity contribution in [1.29, 1.82) is 5.26 Å². The first-order valence-corrected chi connectivity index (χ1v) is 10.2. The Balaban J connectivity index is 1.89. The Hall–Kier alpha value is -3.49. The number of nitrogens with zero attached hydrogens (tertiary/aromatic N) is 1. The van der Waals surface area contributed by atoms with Gasteiger partial charge in [-0.05, 0) is 42.3 Å². The Kier molecular flexibility index (Phi) is 7.10. The van der Waals surface area contributed by atoms with Crippen molar-refractivity contribution in [3.05, 3.63) is 107 Å². The summed E-state index contributed by atoms with van der Waals surface area (Å²) >= 11 is 1.44. The Bertz CT molecular complexity index is 1040. The zero-order valence-electron chi connectivity index (χ0n) is 16.1. The van der Waals surface area contributed by atoms with Crippen LogP contribution < -0.4 is 10.6 Å². The molecule has 0 aliphatic carbocycles. The van der Waals surface area contributed by atoms with Crippen LogP contribution in [0.4, 0.5) is 11.4 Å². The standard InChI is InChI=1S/C24H21N3OS/c1-18-10-8-9-11-19(18)17-29-24(27-21-14-6-3-7-15-21)22(16-25)23(28)26-20-12-4-2-5-13-20/h2-15,27H,17H2,1H3,(H,26,28)/b24-22+. The highest BCUT2D eigenvalue weighted by molar-refractivity contribution is 8.02. The summed E-state index contributed by atoms with van der Waals surface area (Å²) < 4.78 is 0. The van der Waals surface area contributed by atoms with Crippen LogP contribution in [0.3, 0.4) is 0 Å². The molecule has 3 aromatic rings. The monoisotopic (exact) mass is 399 g/mol. The molecule has 2 N–H and O–H groups in total. The average Bonchev–Trinajstić information content (AvgIpc) is 2.75. The molecule has 0 fully saturated rings. The van der Waals surface area contributed by atoms with Crippen molar-refractivity contribution in [2.24, 2.45) is 0 Å². The smallest absolute Gasteiger partial charge is 0.269 e. The van der Waals surface area contributed by atoms with E-state index in [-0.39, 0.29) is 5.57 Å². The Morgan fingerprint density at radius 2 is 1.41 bits per heavy atom. The topological polar surface area (TPSA) is 64.9 Å². The zero-order valence-corrected chi connectivity index (χ0v) is 16.9. The highest BCUT2D eigenvalue weighted by Crippen LogP contribution is 2.28. The molecule has 0 saturated heterocycles. The van der Waals surface area contributed by atoms with E-state index in [1.54, 1.807) is 12.1 Å². The SMILES string of the molecule is Cc1ccccc1CS/C(Nc1ccccc1)=C(\C#N)C(=O)Nc1ccccc1. The van der Waals surface area contributed by atoms with Gasteiger partial charge in [-0.3, -0.25) is 4.79 Å². The third-order valence-electron chi connectivity index (χ3n) is 4.26. The van der Waals surface area contributed by atoms with E-state index in [1.165, 1.54) is 17.3 Å². The molecule has 29 heavy (non-hydrogen) atoms. The van der Waals surface area contributed by atoms with Crippen LogP contribution in [0.2, 0.25) is 0 Å². The van der Waals surface area contributed by atoms with Crippen molar-refractivity contribution in [2.75, 3.05) is 10.6 Å². The molecule has 0 radical (unpaired) electrons. The number of nitrogens with one attached hydrogen (secondary N) is 2. The summed E-state index contributed by atoms with van der Waals surface area (Å²) in [5, 5.41) is 16.3. The number of aryl methyl sites for hydroxylation is 1. The summed E-state index contributed by atoms with van der Waals surface area (Å²) in [4.78, 5) is 12.8. The van der Waals surface area contributed by atoms with Gasteiger partial charge in [0.2, 0.25) is 0 Å². The fraction of sp³-hybridized carbons (Fsp3) is 0.0833. The maximum atomic E-state index is 12.8. The first-order chi connectivity index (χ1) is 14.2. The second-order valence-corrected chi connectivity index (χ2v) is 7.33. The van der Waals surface area contributed by atoms with Crippen LogP contribution in [0.5, 0.6) is 0 Å². The number of para-hydroxylation sites is 2. The summed E-state index contributed by atoms with van der Waals surface area (Å²) in [6, 6.07) is 28.8. The molecule has 0 heterocycles. The van der Waals surface area contributed by atoms with Gasteiger partial charge in [-0.1, -0.05) is 60.7 Å². The van der Waals surface area contributed by atoms with Gasteiger partial charge in [0.25, 0.3) is 5.91 Å². The van der Waals surface area contributed by atoms with Crippen molar-refractivity contribution in [3.8, 4) is 6.07 Å². The van der Waals surface area contributed by atoms with E-state index >= 15 is 0 Å². The van der Waals surface area contributed by atoms with Crippen LogP contribution in [-0.4, -0.2) is 5.91 Å². The molecule has 0 spiro atoms. The number of hydrogen-bond donors (Lipinski definition) is 2. The fourth-order valence-electron chi connectivity index (χ4n) is 2.67. The number of hydrogen-bond acceptors (Lipinski definition) is 4. The van der Waals surface area contributed by atoms with Gasteiger partial charge in [0.1, 0.15) is 11.6 Å². The van der Waals surface area contributed by atoms with Crippen LogP contribution in [0, 0.1) is 18.3 Å². The summed E-state index contributed by atoms with van der Waals surface area (Å²) in [5.74, 6) is 0.209. The number of thioether (sulfide) groups is 1. The maximum Gasteiger partial charge on any atom is 0.269 e. The summed E-state index contributed by atoms with van der Waals surface area (Å²) in [6.45, 7) is 2.05. The van der Waals surface area contributed by atoms with Gasteiger partial charge in [-0.25, -0.2) is 0 Å². The van der Waals surface area contributed by atoms with Gasteiger partial charge in [-0.2, -0.15) is 5.26 Å². The van der Waals surface area contributed by atoms with Gasteiger partial charge in [0.05, 0.1) is 5.03 Å². The molecule has 3 aromatic carbocycles. The Morgan fingerprint density at radius 1 is 0.862 bits per heavy atom. The predicted octanol–water partition coefficient (Wildman–Crippen LogP) is 5.71. The quantitative estimate of drug-likeness (QED) is 0.394. The lowest BCUT2D eigenvalue weighted by atomic mass is 10.1. The van der Waals surface area contributed by atoms with Crippen molar-refractivity contribution in [1.82, 2.24) is 0 Å². The number of nitriles is 1. The molecule has 0 unspecified atom stereocenters. The number of anilines is 2. The van der Waals surface area contributed by atoms with Crippen LogP contribution in [-0.2, 0) is 10.5 Å². The minimum atomic E-state index is -0.436. The minimum Gasteiger partial charge on any atom is -0.349 e. The van der Waals surface area contributed by atoms with Gasteiger partial charge in [0, 0.05) is 17.1 Å². The van der Waals surface area contributed by atoms with Crippen LogP contribution in [0.1, 0.15) is 11.1 Å². The van der Waals surface area contributed by atoms with Crippen molar-refractivity contribution in [2.45, 2.75) is 12.7 Å². The van der Waals surface area contributed by atoms with E-state index in [1.807, 2.05) is 60.7 Å². The molecule has 0 aliphatic rings. The highest BCUT2D eigenvalue weighted by atomic mass is 32.2. The van der Waals surface area contributed by atoms with E-state index in [4.69, 9.17) is 0 Å². The van der Waals surface area contributed by atoms with Crippen LogP contribution in [0.15, 0.2) is 95.5 Å². The maximum absolute atomic E-state index is 12.8. The molecule has 1 amide bonds. The number of carbonyl (C=O) groups excluding carboxylic acids is 1. The largest absolute Gasteiger partial charge is 0.349 e. The fourth-order valence-corrected chi connectivity index (χ4v) is 3.76.